The SMILES string of the molecule is CCc1ccc(-c2nnn(Cc3ccc(C(=O)OC)cc3)n2)cc1. The molecule has 2 aromatic carbocycles. The Morgan fingerprint density at radius 2 is 1.71 bits per heavy atom. The fraction of sp³-hybridized carbons (Fsp3) is 0.222. The molecule has 0 amide bonds. The van der Waals surface area contributed by atoms with Gasteiger partial charge in [0.2, 0.25) is 5.82 Å². The van der Waals surface area contributed by atoms with Crippen LogP contribution in [0.5, 0.6) is 0 Å². The van der Waals surface area contributed by atoms with Crippen LogP contribution in [0.3, 0.4) is 0 Å². The molecule has 0 aliphatic rings. The minimum Gasteiger partial charge on any atom is -0.465 e. The monoisotopic (exact) mass is 322 g/mol. The lowest BCUT2D eigenvalue weighted by atomic mass is 10.1. The molecular weight excluding hydrogens is 304 g/mol. The lowest BCUT2D eigenvalue weighted by Gasteiger charge is -2.02. The van der Waals surface area contributed by atoms with E-state index in [1.807, 2.05) is 24.3 Å². The van der Waals surface area contributed by atoms with Crippen LogP contribution < -0.4 is 0 Å². The second-order valence-electron chi connectivity index (χ2n) is 5.38. The normalized spacial score (nSPS) is 10.6. The van der Waals surface area contributed by atoms with Crippen molar-refractivity contribution in [3.05, 3.63) is 65.2 Å². The van der Waals surface area contributed by atoms with Crippen molar-refractivity contribution in [2.75, 3.05) is 7.11 Å². The van der Waals surface area contributed by atoms with E-state index in [1.54, 1.807) is 12.1 Å². The van der Waals surface area contributed by atoms with Gasteiger partial charge in [0.25, 0.3) is 0 Å². The van der Waals surface area contributed by atoms with Gasteiger partial charge in [-0.05, 0) is 34.9 Å². The molecule has 0 spiro atoms. The van der Waals surface area contributed by atoms with Gasteiger partial charge < -0.3 is 4.74 Å². The molecule has 3 aromatic rings. The molecule has 122 valence electrons. The average Bonchev–Trinajstić information content (AvgIpc) is 3.10. The Bertz CT molecular complexity index is 823. The van der Waals surface area contributed by atoms with Crippen molar-refractivity contribution in [2.45, 2.75) is 19.9 Å². The number of hydrogen-bond donors (Lipinski definition) is 0. The Hall–Kier alpha value is -3.02. The number of aromatic nitrogens is 4. The van der Waals surface area contributed by atoms with Crippen LogP contribution in [-0.4, -0.2) is 33.3 Å². The third-order valence-electron chi connectivity index (χ3n) is 3.77. The molecule has 0 aliphatic carbocycles. The van der Waals surface area contributed by atoms with E-state index >= 15 is 0 Å². The van der Waals surface area contributed by atoms with Gasteiger partial charge in [0.1, 0.15) is 0 Å². The minimum atomic E-state index is -0.349. The van der Waals surface area contributed by atoms with Crippen molar-refractivity contribution < 1.29 is 9.53 Å². The van der Waals surface area contributed by atoms with E-state index in [9.17, 15) is 4.79 Å². The summed E-state index contributed by atoms with van der Waals surface area (Å²) in [4.78, 5) is 13.0. The van der Waals surface area contributed by atoms with Gasteiger partial charge in [-0.25, -0.2) is 4.79 Å². The van der Waals surface area contributed by atoms with E-state index in [-0.39, 0.29) is 5.97 Å². The highest BCUT2D eigenvalue weighted by Gasteiger charge is 2.08. The maximum atomic E-state index is 11.4. The van der Waals surface area contributed by atoms with Crippen LogP contribution in [0.15, 0.2) is 48.5 Å². The van der Waals surface area contributed by atoms with E-state index < -0.39 is 0 Å². The summed E-state index contributed by atoms with van der Waals surface area (Å²) >= 11 is 0. The molecule has 0 radical (unpaired) electrons. The average molecular weight is 322 g/mol. The first-order valence-electron chi connectivity index (χ1n) is 7.74. The van der Waals surface area contributed by atoms with Crippen LogP contribution in [0.1, 0.15) is 28.4 Å². The second kappa shape index (κ2) is 7.04. The number of carbonyl (C=O) groups is 1. The summed E-state index contributed by atoms with van der Waals surface area (Å²) in [6, 6.07) is 15.3. The van der Waals surface area contributed by atoms with Crippen molar-refractivity contribution in [3.8, 4) is 11.4 Å². The van der Waals surface area contributed by atoms with Crippen LogP contribution in [0, 0.1) is 0 Å². The highest BCUT2D eigenvalue weighted by atomic mass is 16.5. The van der Waals surface area contributed by atoms with Gasteiger partial charge in [-0.15, -0.1) is 10.2 Å². The molecule has 6 nitrogen and oxygen atoms in total. The van der Waals surface area contributed by atoms with Gasteiger partial charge in [0.15, 0.2) is 0 Å². The molecule has 1 aromatic heterocycles. The van der Waals surface area contributed by atoms with Crippen molar-refractivity contribution >= 4 is 5.97 Å². The summed E-state index contributed by atoms with van der Waals surface area (Å²) in [5.41, 5.74) is 3.72. The van der Waals surface area contributed by atoms with E-state index in [2.05, 4.69) is 39.2 Å². The summed E-state index contributed by atoms with van der Waals surface area (Å²) in [6.45, 7) is 2.61. The van der Waals surface area contributed by atoms with Gasteiger partial charge in [0, 0.05) is 5.56 Å². The highest BCUT2D eigenvalue weighted by molar-refractivity contribution is 5.89. The van der Waals surface area contributed by atoms with Crippen LogP contribution in [0.4, 0.5) is 0 Å². The number of carbonyl (C=O) groups excluding carboxylic acids is 1. The number of nitrogens with zero attached hydrogens (tertiary/aromatic N) is 4. The molecule has 0 bridgehead atoms. The van der Waals surface area contributed by atoms with Crippen molar-refractivity contribution in [2.24, 2.45) is 0 Å². The predicted octanol–water partition coefficient (Wildman–Crippen LogP) is 2.74. The van der Waals surface area contributed by atoms with E-state index in [1.165, 1.54) is 17.5 Å². The van der Waals surface area contributed by atoms with Crippen LogP contribution in [0.2, 0.25) is 0 Å². The molecule has 0 saturated carbocycles. The molecule has 0 saturated heterocycles. The number of tetrazole rings is 1. The second-order valence-corrected chi connectivity index (χ2v) is 5.38. The number of esters is 1. The lowest BCUT2D eigenvalue weighted by molar-refractivity contribution is 0.0600. The first-order valence-corrected chi connectivity index (χ1v) is 7.74. The van der Waals surface area contributed by atoms with E-state index in [0.29, 0.717) is 17.9 Å². The molecular formula is C18H18N4O2. The van der Waals surface area contributed by atoms with Gasteiger partial charge in [-0.3, -0.25) is 0 Å². The molecule has 0 fully saturated rings. The zero-order valence-corrected chi connectivity index (χ0v) is 13.6. The molecule has 0 aliphatic heterocycles. The third kappa shape index (κ3) is 3.48. The molecule has 3 rings (SSSR count). The number of hydrogen-bond acceptors (Lipinski definition) is 5. The molecule has 0 unspecified atom stereocenters. The fourth-order valence-corrected chi connectivity index (χ4v) is 2.34. The standard InChI is InChI=1S/C18H18N4O2/c1-3-13-4-8-15(9-5-13)17-19-21-22(20-17)12-14-6-10-16(11-7-14)18(23)24-2/h4-11H,3,12H2,1-2H3. The zero-order valence-electron chi connectivity index (χ0n) is 13.6. The summed E-state index contributed by atoms with van der Waals surface area (Å²) in [7, 11) is 1.37. The lowest BCUT2D eigenvalue weighted by Crippen LogP contribution is -2.05. The number of ether oxygens (including phenoxy) is 1. The fourth-order valence-electron chi connectivity index (χ4n) is 2.34. The van der Waals surface area contributed by atoms with Gasteiger partial charge in [-0.1, -0.05) is 43.3 Å². The van der Waals surface area contributed by atoms with E-state index in [4.69, 9.17) is 0 Å². The van der Waals surface area contributed by atoms with Crippen molar-refractivity contribution in [1.82, 2.24) is 20.2 Å². The first kappa shape index (κ1) is 15.9. The predicted molar refractivity (Wildman–Crippen MR) is 89.5 cm³/mol. The first-order chi connectivity index (χ1) is 11.7. The summed E-state index contributed by atoms with van der Waals surface area (Å²) in [6.07, 6.45) is 1.00. The highest BCUT2D eigenvalue weighted by Crippen LogP contribution is 2.15. The Kier molecular flexibility index (Phi) is 4.65. The van der Waals surface area contributed by atoms with Gasteiger partial charge in [-0.2, -0.15) is 4.80 Å². The summed E-state index contributed by atoms with van der Waals surface area (Å²) < 4.78 is 4.68. The topological polar surface area (TPSA) is 69.9 Å². The van der Waals surface area contributed by atoms with Gasteiger partial charge in [0.05, 0.1) is 19.2 Å². The molecule has 24 heavy (non-hydrogen) atoms. The summed E-state index contributed by atoms with van der Waals surface area (Å²) in [5, 5.41) is 12.6. The van der Waals surface area contributed by atoms with E-state index in [0.717, 1.165) is 17.5 Å². The Balaban J connectivity index is 1.72. The molecule has 0 atom stereocenters. The number of methoxy groups -OCH3 is 1. The van der Waals surface area contributed by atoms with Crippen LogP contribution in [0.25, 0.3) is 11.4 Å². The zero-order chi connectivity index (χ0) is 16.9. The third-order valence-corrected chi connectivity index (χ3v) is 3.77. The maximum Gasteiger partial charge on any atom is 0.337 e. The minimum absolute atomic E-state index is 0.349. The number of benzene rings is 2. The van der Waals surface area contributed by atoms with Crippen LogP contribution in [-0.2, 0) is 17.7 Å². The quantitative estimate of drug-likeness (QED) is 0.676. The summed E-state index contributed by atoms with van der Waals surface area (Å²) in [5.74, 6) is 0.252. The van der Waals surface area contributed by atoms with Crippen LogP contribution >= 0.6 is 0 Å². The maximum absolute atomic E-state index is 11.4. The number of aryl methyl sites for hydroxylation is 1. The van der Waals surface area contributed by atoms with Crippen molar-refractivity contribution in [3.63, 3.8) is 0 Å². The smallest absolute Gasteiger partial charge is 0.337 e. The number of rotatable bonds is 5. The molecule has 1 heterocycles. The Labute approximate surface area is 140 Å². The molecule has 0 N–H and O–H groups in total. The van der Waals surface area contributed by atoms with Gasteiger partial charge >= 0.3 is 5.97 Å². The Morgan fingerprint density at radius 3 is 2.33 bits per heavy atom. The molecule has 6 heteroatoms. The van der Waals surface area contributed by atoms with Crippen molar-refractivity contribution in [1.29, 1.82) is 0 Å². The Morgan fingerprint density at radius 1 is 1.04 bits per heavy atom. The largest absolute Gasteiger partial charge is 0.465 e.